The van der Waals surface area contributed by atoms with Crippen molar-refractivity contribution in [1.29, 1.82) is 0 Å². The highest BCUT2D eigenvalue weighted by Crippen LogP contribution is 2.34. The Labute approximate surface area is 176 Å². The molecule has 6 nitrogen and oxygen atoms in total. The Morgan fingerprint density at radius 1 is 1.03 bits per heavy atom. The van der Waals surface area contributed by atoms with Crippen LogP contribution >= 0.6 is 11.6 Å². The van der Waals surface area contributed by atoms with Crippen molar-refractivity contribution in [3.8, 4) is 5.75 Å². The Morgan fingerprint density at radius 2 is 1.67 bits per heavy atom. The summed E-state index contributed by atoms with van der Waals surface area (Å²) in [5.74, 6) is -1.51. The fourth-order valence-corrected chi connectivity index (χ4v) is 4.77. The molecule has 2 aromatic rings. The zero-order chi connectivity index (χ0) is 22.1. The molecular weight excluding hydrogens is 445 g/mol. The number of halogens is 4. The Balaban J connectivity index is 1.89. The highest BCUT2D eigenvalue weighted by atomic mass is 35.5. The second kappa shape index (κ2) is 8.35. The van der Waals surface area contributed by atoms with Crippen molar-refractivity contribution in [2.75, 3.05) is 38.2 Å². The minimum Gasteiger partial charge on any atom is -0.495 e. The van der Waals surface area contributed by atoms with Gasteiger partial charge in [0.2, 0.25) is 9.84 Å². The number of ether oxygens (including phenoxy) is 1. The molecule has 162 valence electrons. The normalized spacial score (nSPS) is 15.2. The number of amides is 1. The van der Waals surface area contributed by atoms with Crippen molar-refractivity contribution in [2.24, 2.45) is 0 Å². The van der Waals surface area contributed by atoms with Crippen molar-refractivity contribution < 1.29 is 31.1 Å². The summed E-state index contributed by atoms with van der Waals surface area (Å²) in [7, 11) is -2.46. The fourth-order valence-electron chi connectivity index (χ4n) is 3.18. The van der Waals surface area contributed by atoms with E-state index in [0.717, 1.165) is 4.90 Å². The summed E-state index contributed by atoms with van der Waals surface area (Å²) in [6, 6.07) is 10.1. The molecule has 0 aliphatic carbocycles. The van der Waals surface area contributed by atoms with Crippen molar-refractivity contribution >= 4 is 33.0 Å². The lowest BCUT2D eigenvalue weighted by Gasteiger charge is -2.36. The number of nitrogens with zero attached hydrogens (tertiary/aromatic N) is 2. The van der Waals surface area contributed by atoms with Gasteiger partial charge in [0.25, 0.3) is 0 Å². The van der Waals surface area contributed by atoms with Gasteiger partial charge in [0.05, 0.1) is 22.6 Å². The van der Waals surface area contributed by atoms with Crippen LogP contribution in [0.25, 0.3) is 0 Å². The van der Waals surface area contributed by atoms with E-state index in [4.69, 9.17) is 16.3 Å². The molecule has 1 aliphatic heterocycles. The van der Waals surface area contributed by atoms with Crippen molar-refractivity contribution in [1.82, 2.24) is 4.90 Å². The van der Waals surface area contributed by atoms with Gasteiger partial charge in [-0.2, -0.15) is 13.2 Å². The van der Waals surface area contributed by atoms with Gasteiger partial charge in [0, 0.05) is 31.2 Å². The molecule has 2 aromatic carbocycles. The minimum absolute atomic E-state index is 0.00522. The Bertz CT molecular complexity index is 1050. The lowest BCUT2D eigenvalue weighted by Crippen LogP contribution is -2.52. The van der Waals surface area contributed by atoms with Gasteiger partial charge in [-0.05, 0) is 36.4 Å². The number of hydrogen-bond donors (Lipinski definition) is 0. The monoisotopic (exact) mass is 462 g/mol. The first-order valence-electron chi connectivity index (χ1n) is 8.84. The first-order valence-corrected chi connectivity index (χ1v) is 10.7. The van der Waals surface area contributed by atoms with Crippen LogP contribution in [0.4, 0.5) is 18.9 Å². The lowest BCUT2D eigenvalue weighted by molar-refractivity contribution is -0.185. The van der Waals surface area contributed by atoms with E-state index in [9.17, 15) is 26.4 Å². The van der Waals surface area contributed by atoms with Crippen molar-refractivity contribution in [3.63, 3.8) is 0 Å². The van der Waals surface area contributed by atoms with E-state index in [0.29, 0.717) is 11.4 Å². The molecule has 1 amide bonds. The molecule has 0 saturated carbocycles. The van der Waals surface area contributed by atoms with Gasteiger partial charge in [0.15, 0.2) is 0 Å². The van der Waals surface area contributed by atoms with E-state index >= 15 is 0 Å². The number of hydrogen-bond acceptors (Lipinski definition) is 5. The molecule has 3 rings (SSSR count). The number of sulfone groups is 1. The predicted molar refractivity (Wildman–Crippen MR) is 105 cm³/mol. The minimum atomic E-state index is -4.93. The van der Waals surface area contributed by atoms with Gasteiger partial charge < -0.3 is 14.5 Å². The van der Waals surface area contributed by atoms with Crippen LogP contribution in [0.2, 0.25) is 5.02 Å². The summed E-state index contributed by atoms with van der Waals surface area (Å²) < 4.78 is 69.2. The third-order valence-electron chi connectivity index (χ3n) is 4.72. The molecule has 0 atom stereocenters. The Kier molecular flexibility index (Phi) is 6.19. The molecule has 0 radical (unpaired) electrons. The van der Waals surface area contributed by atoms with Crippen molar-refractivity contribution in [3.05, 3.63) is 47.5 Å². The molecule has 0 N–H and O–H groups in total. The highest BCUT2D eigenvalue weighted by Gasteiger charge is 2.43. The zero-order valence-corrected chi connectivity index (χ0v) is 17.4. The van der Waals surface area contributed by atoms with Crippen LogP contribution in [0.15, 0.2) is 52.3 Å². The van der Waals surface area contributed by atoms with Crippen LogP contribution in [-0.4, -0.2) is 58.7 Å². The second-order valence-electron chi connectivity index (χ2n) is 6.57. The van der Waals surface area contributed by atoms with E-state index in [1.54, 1.807) is 11.0 Å². The summed E-state index contributed by atoms with van der Waals surface area (Å²) in [6.45, 7) is -0.1000. The van der Waals surface area contributed by atoms with Gasteiger partial charge in [0.1, 0.15) is 5.75 Å². The third kappa shape index (κ3) is 4.49. The number of piperazine rings is 1. The van der Waals surface area contributed by atoms with E-state index < -0.39 is 21.9 Å². The molecule has 1 saturated heterocycles. The Morgan fingerprint density at radius 3 is 2.23 bits per heavy atom. The lowest BCUT2D eigenvalue weighted by atomic mass is 10.2. The molecule has 1 heterocycles. The number of carbonyl (C=O) groups excluding carboxylic acids is 1. The molecule has 0 bridgehead atoms. The smallest absolute Gasteiger partial charge is 0.471 e. The van der Waals surface area contributed by atoms with Crippen LogP contribution in [0.5, 0.6) is 5.75 Å². The van der Waals surface area contributed by atoms with Crippen LogP contribution in [0.1, 0.15) is 0 Å². The predicted octanol–water partition coefficient (Wildman–Crippen LogP) is 3.39. The standard InChI is InChI=1S/C19H18ClF3N2O4S/c1-29-17-6-5-15(30(27,28)14-4-2-3-13(20)11-14)12-16(17)24-7-9-25(10-8-24)18(26)19(21,22)23/h2-6,11-12H,7-10H2,1H3. The molecule has 0 aromatic heterocycles. The molecule has 30 heavy (non-hydrogen) atoms. The maximum atomic E-state index is 13.0. The van der Waals surface area contributed by atoms with Crippen LogP contribution in [0, 0.1) is 0 Å². The number of anilines is 1. The number of benzene rings is 2. The van der Waals surface area contributed by atoms with E-state index in [1.807, 2.05) is 0 Å². The largest absolute Gasteiger partial charge is 0.495 e. The third-order valence-corrected chi connectivity index (χ3v) is 6.70. The highest BCUT2D eigenvalue weighted by molar-refractivity contribution is 7.91. The molecule has 1 aliphatic rings. The molecule has 11 heteroatoms. The maximum absolute atomic E-state index is 13.0. The summed E-state index contributed by atoms with van der Waals surface area (Å²) in [5, 5.41) is 0.273. The number of alkyl halides is 3. The maximum Gasteiger partial charge on any atom is 0.471 e. The topological polar surface area (TPSA) is 66.9 Å². The van der Waals surface area contributed by atoms with Crippen molar-refractivity contribution in [2.45, 2.75) is 16.0 Å². The molecule has 0 unspecified atom stereocenters. The van der Waals surface area contributed by atoms with Gasteiger partial charge in [-0.3, -0.25) is 4.79 Å². The van der Waals surface area contributed by atoms with Crippen LogP contribution in [0.3, 0.4) is 0 Å². The average Bonchev–Trinajstić information content (AvgIpc) is 2.72. The molecular formula is C19H18ClF3N2O4S. The van der Waals surface area contributed by atoms with Crippen LogP contribution < -0.4 is 9.64 Å². The van der Waals surface area contributed by atoms with E-state index in [-0.39, 0.29) is 41.0 Å². The first-order chi connectivity index (χ1) is 14.0. The summed E-state index contributed by atoms with van der Waals surface area (Å²) >= 11 is 5.91. The molecule has 1 fully saturated rings. The number of carbonyl (C=O) groups is 1. The van der Waals surface area contributed by atoms with Gasteiger partial charge in [-0.25, -0.2) is 8.42 Å². The second-order valence-corrected chi connectivity index (χ2v) is 8.96. The van der Waals surface area contributed by atoms with Gasteiger partial charge >= 0.3 is 12.1 Å². The van der Waals surface area contributed by atoms with E-state index in [1.165, 1.54) is 43.5 Å². The van der Waals surface area contributed by atoms with Gasteiger partial charge in [-0.15, -0.1) is 0 Å². The summed E-state index contributed by atoms with van der Waals surface area (Å²) in [4.78, 5) is 13.9. The first kappa shape index (κ1) is 22.2. The van der Waals surface area contributed by atoms with E-state index in [2.05, 4.69) is 0 Å². The molecule has 0 spiro atoms. The number of methoxy groups -OCH3 is 1. The van der Waals surface area contributed by atoms with Gasteiger partial charge in [-0.1, -0.05) is 17.7 Å². The zero-order valence-electron chi connectivity index (χ0n) is 15.8. The fraction of sp³-hybridized carbons (Fsp3) is 0.316. The Hall–Kier alpha value is -2.46. The average molecular weight is 463 g/mol. The quantitative estimate of drug-likeness (QED) is 0.696. The van der Waals surface area contributed by atoms with Crippen LogP contribution in [-0.2, 0) is 14.6 Å². The summed E-state index contributed by atoms with van der Waals surface area (Å²) in [5.41, 5.74) is 0.416. The SMILES string of the molecule is COc1ccc(S(=O)(=O)c2cccc(Cl)c2)cc1N1CCN(C(=O)C(F)(F)F)CC1. The summed E-state index contributed by atoms with van der Waals surface area (Å²) in [6.07, 6.45) is -4.93. The number of rotatable bonds is 4.